The molecule has 0 saturated carbocycles. The third-order valence-corrected chi connectivity index (χ3v) is 4.33. The predicted octanol–water partition coefficient (Wildman–Crippen LogP) is 3.52. The molecular weight excluding hydrogens is 375 g/mol. The van der Waals surface area contributed by atoms with Gasteiger partial charge in [-0.15, -0.1) is 5.10 Å². The number of halogens is 1. The van der Waals surface area contributed by atoms with E-state index in [4.69, 9.17) is 4.74 Å². The number of carbonyl (C=O) groups excluding carboxylic acids is 2. The molecule has 0 fully saturated rings. The molecule has 150 valence electrons. The van der Waals surface area contributed by atoms with Crippen molar-refractivity contribution in [3.8, 4) is 5.69 Å². The van der Waals surface area contributed by atoms with E-state index in [1.54, 1.807) is 13.0 Å². The molecule has 2 aromatic carbocycles. The Bertz CT molecular complexity index is 1080. The summed E-state index contributed by atoms with van der Waals surface area (Å²) in [4.78, 5) is 26.1. The number of anilines is 1. The molecule has 3 aromatic rings. The topological polar surface area (TPSA) is 86.1 Å². The minimum atomic E-state index is -1.15. The average molecular weight is 396 g/mol. The Morgan fingerprint density at radius 1 is 1.10 bits per heavy atom. The zero-order valence-electron chi connectivity index (χ0n) is 16.6. The highest BCUT2D eigenvalue weighted by atomic mass is 19.1. The van der Waals surface area contributed by atoms with E-state index >= 15 is 0 Å². The third kappa shape index (κ3) is 4.48. The Hall–Kier alpha value is -3.55. The molecule has 1 atom stereocenters. The number of ether oxygens (including phenoxy) is 1. The Morgan fingerprint density at radius 3 is 2.52 bits per heavy atom. The van der Waals surface area contributed by atoms with Gasteiger partial charge >= 0.3 is 5.97 Å². The molecule has 3 rings (SSSR count). The van der Waals surface area contributed by atoms with Gasteiger partial charge in [-0.1, -0.05) is 29.8 Å². The molecule has 0 radical (unpaired) electrons. The van der Waals surface area contributed by atoms with E-state index in [2.05, 4.69) is 15.5 Å². The largest absolute Gasteiger partial charge is 0.448 e. The molecule has 8 heteroatoms. The number of hydrogen-bond donors (Lipinski definition) is 1. The van der Waals surface area contributed by atoms with Crippen molar-refractivity contribution in [2.75, 3.05) is 5.32 Å². The second-order valence-electron chi connectivity index (χ2n) is 6.73. The molecule has 1 aromatic heterocycles. The SMILES string of the molecule is Cc1ccc(-n2nc(C)c(C(=O)O[C@@H](C)C(=O)Nc3ccccc3F)n2)c(C)c1. The van der Waals surface area contributed by atoms with Crippen LogP contribution >= 0.6 is 0 Å². The molecule has 7 nitrogen and oxygen atoms in total. The molecule has 0 aliphatic rings. The lowest BCUT2D eigenvalue weighted by Crippen LogP contribution is -2.30. The summed E-state index contributed by atoms with van der Waals surface area (Å²) >= 11 is 0. The van der Waals surface area contributed by atoms with Crippen LogP contribution in [0.15, 0.2) is 42.5 Å². The van der Waals surface area contributed by atoms with Crippen LogP contribution in [0.3, 0.4) is 0 Å². The summed E-state index contributed by atoms with van der Waals surface area (Å²) in [7, 11) is 0. The fraction of sp³-hybridized carbons (Fsp3) is 0.238. The summed E-state index contributed by atoms with van der Waals surface area (Å²) in [6.07, 6.45) is -1.15. The van der Waals surface area contributed by atoms with E-state index in [0.717, 1.165) is 16.8 Å². The van der Waals surface area contributed by atoms with Crippen molar-refractivity contribution in [3.63, 3.8) is 0 Å². The molecule has 0 aliphatic carbocycles. The van der Waals surface area contributed by atoms with E-state index in [1.165, 1.54) is 29.9 Å². The molecule has 1 heterocycles. The third-order valence-electron chi connectivity index (χ3n) is 4.33. The number of rotatable bonds is 5. The van der Waals surface area contributed by atoms with E-state index < -0.39 is 23.8 Å². The highest BCUT2D eigenvalue weighted by Gasteiger charge is 2.24. The van der Waals surface area contributed by atoms with Gasteiger partial charge in [-0.25, -0.2) is 9.18 Å². The van der Waals surface area contributed by atoms with Gasteiger partial charge in [-0.2, -0.15) is 9.90 Å². The van der Waals surface area contributed by atoms with Crippen LogP contribution in [0.2, 0.25) is 0 Å². The van der Waals surface area contributed by atoms with Crippen molar-refractivity contribution in [1.29, 1.82) is 0 Å². The average Bonchev–Trinajstić information content (AvgIpc) is 3.05. The van der Waals surface area contributed by atoms with Crippen molar-refractivity contribution in [1.82, 2.24) is 15.0 Å². The summed E-state index contributed by atoms with van der Waals surface area (Å²) in [5.74, 6) is -2.01. The van der Waals surface area contributed by atoms with E-state index in [9.17, 15) is 14.0 Å². The fourth-order valence-electron chi connectivity index (χ4n) is 2.77. The highest BCUT2D eigenvalue weighted by Crippen LogP contribution is 2.17. The van der Waals surface area contributed by atoms with Crippen molar-refractivity contribution < 1.29 is 18.7 Å². The normalized spacial score (nSPS) is 11.8. The van der Waals surface area contributed by atoms with Crippen LogP contribution in [0.1, 0.15) is 34.2 Å². The Labute approximate surface area is 167 Å². The molecule has 0 spiro atoms. The second kappa shape index (κ2) is 8.22. The quantitative estimate of drug-likeness (QED) is 0.667. The zero-order chi connectivity index (χ0) is 21.1. The van der Waals surface area contributed by atoms with Crippen LogP contribution < -0.4 is 5.32 Å². The van der Waals surface area contributed by atoms with Crippen molar-refractivity contribution in [2.24, 2.45) is 0 Å². The fourth-order valence-corrected chi connectivity index (χ4v) is 2.77. The maximum Gasteiger partial charge on any atom is 0.361 e. The summed E-state index contributed by atoms with van der Waals surface area (Å²) in [5, 5.41) is 10.9. The minimum Gasteiger partial charge on any atom is -0.448 e. The Kier molecular flexibility index (Phi) is 5.72. The monoisotopic (exact) mass is 396 g/mol. The number of aryl methyl sites for hydroxylation is 3. The van der Waals surface area contributed by atoms with Gasteiger partial charge in [0.1, 0.15) is 5.82 Å². The van der Waals surface area contributed by atoms with Crippen LogP contribution in [0.5, 0.6) is 0 Å². The lowest BCUT2D eigenvalue weighted by atomic mass is 10.1. The van der Waals surface area contributed by atoms with Crippen LogP contribution in [0.25, 0.3) is 5.69 Å². The highest BCUT2D eigenvalue weighted by molar-refractivity contribution is 5.97. The van der Waals surface area contributed by atoms with Crippen molar-refractivity contribution in [3.05, 3.63) is 70.8 Å². The van der Waals surface area contributed by atoms with E-state index in [1.807, 2.05) is 32.0 Å². The van der Waals surface area contributed by atoms with Gasteiger partial charge in [-0.05, 0) is 51.5 Å². The first kappa shape index (κ1) is 20.2. The number of esters is 1. The van der Waals surface area contributed by atoms with Crippen molar-refractivity contribution in [2.45, 2.75) is 33.8 Å². The van der Waals surface area contributed by atoms with Crippen LogP contribution in [0.4, 0.5) is 10.1 Å². The first-order valence-corrected chi connectivity index (χ1v) is 9.04. The van der Waals surface area contributed by atoms with Gasteiger partial charge in [0.15, 0.2) is 11.8 Å². The minimum absolute atomic E-state index is 0.00974. The molecule has 0 unspecified atom stereocenters. The molecule has 0 saturated heterocycles. The number of para-hydroxylation sites is 1. The lowest BCUT2D eigenvalue weighted by molar-refractivity contribution is -0.123. The zero-order valence-corrected chi connectivity index (χ0v) is 16.6. The van der Waals surface area contributed by atoms with Gasteiger partial charge in [-0.3, -0.25) is 4.79 Å². The van der Waals surface area contributed by atoms with Crippen LogP contribution in [-0.4, -0.2) is 33.0 Å². The van der Waals surface area contributed by atoms with E-state index in [0.29, 0.717) is 5.69 Å². The number of benzene rings is 2. The molecule has 29 heavy (non-hydrogen) atoms. The number of carbonyl (C=O) groups is 2. The molecule has 1 N–H and O–H groups in total. The molecular formula is C21H21FN4O3. The maximum absolute atomic E-state index is 13.7. The second-order valence-corrected chi connectivity index (χ2v) is 6.73. The smallest absolute Gasteiger partial charge is 0.361 e. The van der Waals surface area contributed by atoms with Gasteiger partial charge in [0.05, 0.1) is 17.1 Å². The maximum atomic E-state index is 13.7. The number of amides is 1. The lowest BCUT2D eigenvalue weighted by Gasteiger charge is -2.13. The number of aromatic nitrogens is 3. The predicted molar refractivity (Wildman–Crippen MR) is 105 cm³/mol. The van der Waals surface area contributed by atoms with Crippen LogP contribution in [0, 0.1) is 26.6 Å². The van der Waals surface area contributed by atoms with Crippen LogP contribution in [-0.2, 0) is 9.53 Å². The Balaban J connectivity index is 1.73. The molecule has 0 aliphatic heterocycles. The summed E-state index contributed by atoms with van der Waals surface area (Å²) in [6, 6.07) is 11.5. The molecule has 1 amide bonds. The number of hydrogen-bond acceptors (Lipinski definition) is 5. The summed E-state index contributed by atoms with van der Waals surface area (Å²) < 4.78 is 18.9. The standard InChI is InChI=1S/C21H21FN4O3/c1-12-9-10-18(13(2)11-12)26-24-14(3)19(25-26)21(28)29-15(4)20(27)23-17-8-6-5-7-16(17)22/h5-11,15H,1-4H3,(H,23,27)/t15-/m0/s1. The first-order chi connectivity index (χ1) is 13.8. The van der Waals surface area contributed by atoms with E-state index in [-0.39, 0.29) is 11.4 Å². The Morgan fingerprint density at radius 2 is 1.83 bits per heavy atom. The van der Waals surface area contributed by atoms with Gasteiger partial charge < -0.3 is 10.1 Å². The summed E-state index contributed by atoms with van der Waals surface area (Å²) in [6.45, 7) is 6.94. The van der Waals surface area contributed by atoms with Gasteiger partial charge in [0.2, 0.25) is 0 Å². The molecule has 0 bridgehead atoms. The van der Waals surface area contributed by atoms with Crippen molar-refractivity contribution >= 4 is 17.6 Å². The number of nitrogens with one attached hydrogen (secondary N) is 1. The van der Waals surface area contributed by atoms with Gasteiger partial charge in [0, 0.05) is 0 Å². The summed E-state index contributed by atoms with van der Waals surface area (Å²) in [5.41, 5.74) is 3.19. The van der Waals surface area contributed by atoms with Gasteiger partial charge in [0.25, 0.3) is 5.91 Å². The number of nitrogens with zero attached hydrogens (tertiary/aromatic N) is 3. The first-order valence-electron chi connectivity index (χ1n) is 9.04.